The summed E-state index contributed by atoms with van der Waals surface area (Å²) in [4.78, 5) is 22.4. The van der Waals surface area contributed by atoms with Gasteiger partial charge in [0.2, 0.25) is 0 Å². The molecule has 9 heteroatoms. The van der Waals surface area contributed by atoms with Crippen LogP contribution < -0.4 is 5.73 Å². The zero-order valence-corrected chi connectivity index (χ0v) is 32.5. The van der Waals surface area contributed by atoms with E-state index in [9.17, 15) is 14.3 Å². The molecule has 0 rings (SSSR count). The van der Waals surface area contributed by atoms with E-state index < -0.39 is 13.9 Å². The molecule has 0 aliphatic heterocycles. The van der Waals surface area contributed by atoms with Crippen molar-refractivity contribution in [3.63, 3.8) is 0 Å². The first-order valence-corrected chi connectivity index (χ1v) is 20.9. The predicted molar refractivity (Wildman–Crippen MR) is 210 cm³/mol. The van der Waals surface area contributed by atoms with Gasteiger partial charge in [0.25, 0.3) is 0 Å². The number of carbonyl (C=O) groups is 1. The van der Waals surface area contributed by atoms with Gasteiger partial charge in [0.15, 0.2) is 0 Å². The van der Waals surface area contributed by atoms with Crippen molar-refractivity contribution in [2.45, 2.75) is 148 Å². The van der Waals surface area contributed by atoms with Crippen LogP contribution in [0.1, 0.15) is 142 Å². The summed E-state index contributed by atoms with van der Waals surface area (Å²) < 4.78 is 33.3. The zero-order chi connectivity index (χ0) is 36.6. The van der Waals surface area contributed by atoms with Gasteiger partial charge >= 0.3 is 13.8 Å². The summed E-state index contributed by atoms with van der Waals surface area (Å²) in [5.74, 6) is -0.361. The average molecular weight is 722 g/mol. The minimum absolute atomic E-state index is 0.0902. The lowest BCUT2D eigenvalue weighted by molar-refractivity contribution is -0.154. The second kappa shape index (κ2) is 38.2. The smallest absolute Gasteiger partial charge is 0.457 e. The minimum atomic E-state index is -4.29. The standard InChI is InChI=1S/C41H72NO7P/c1-3-5-7-9-11-13-15-17-19-20-21-22-24-26-28-30-32-34-41(43)49-40(39-48-50(44,45)47-37-35-42)38-46-36-33-31-29-27-25-23-18-16-14-12-10-8-6-4-2/h5,7-8,10-11,13-14,16-17,19,21-22,40H,3-4,6,9,12,15,18,20,23-39,42H2,1-2H3,(H,44,45)/b7-5-,10-8-,13-11-,16-14-,19-17-,22-21-. The summed E-state index contributed by atoms with van der Waals surface area (Å²) in [7, 11) is -4.29. The Bertz CT molecular complexity index is 989. The number of carbonyl (C=O) groups excluding carboxylic acids is 1. The quantitative estimate of drug-likeness (QED) is 0.0284. The molecule has 0 aliphatic rings. The minimum Gasteiger partial charge on any atom is -0.457 e. The maximum Gasteiger partial charge on any atom is 0.472 e. The molecule has 2 atom stereocenters. The number of hydrogen-bond donors (Lipinski definition) is 2. The molecule has 3 N–H and O–H groups in total. The zero-order valence-electron chi connectivity index (χ0n) is 31.6. The molecule has 0 spiro atoms. The molecule has 0 aromatic carbocycles. The molecule has 0 bridgehead atoms. The van der Waals surface area contributed by atoms with E-state index >= 15 is 0 Å². The van der Waals surface area contributed by atoms with E-state index in [4.69, 9.17) is 24.3 Å². The number of nitrogens with two attached hydrogens (primary N) is 1. The van der Waals surface area contributed by atoms with Crippen LogP contribution >= 0.6 is 7.82 Å². The highest BCUT2D eigenvalue weighted by Crippen LogP contribution is 2.43. The number of rotatable bonds is 36. The van der Waals surface area contributed by atoms with Gasteiger partial charge in [-0.3, -0.25) is 13.8 Å². The summed E-state index contributed by atoms with van der Waals surface area (Å²) in [5, 5.41) is 0. The number of phosphoric ester groups is 1. The molecule has 8 nitrogen and oxygen atoms in total. The molecule has 288 valence electrons. The van der Waals surface area contributed by atoms with Gasteiger partial charge in [-0.15, -0.1) is 0 Å². The third kappa shape index (κ3) is 37.2. The van der Waals surface area contributed by atoms with Crippen molar-refractivity contribution < 1.29 is 32.8 Å². The highest BCUT2D eigenvalue weighted by atomic mass is 31.2. The van der Waals surface area contributed by atoms with Crippen LogP contribution in [0.15, 0.2) is 72.9 Å². The summed E-state index contributed by atoms with van der Waals surface area (Å²) in [6.07, 6.45) is 46.3. The fourth-order valence-electron chi connectivity index (χ4n) is 4.79. The molecule has 0 aliphatic carbocycles. The third-order valence-corrected chi connectivity index (χ3v) is 8.57. The number of allylic oxidation sites excluding steroid dienone is 12. The molecular weight excluding hydrogens is 649 g/mol. The van der Waals surface area contributed by atoms with Crippen molar-refractivity contribution in [2.75, 3.05) is 33.0 Å². The Labute approximate surface area is 305 Å². The highest BCUT2D eigenvalue weighted by molar-refractivity contribution is 7.47. The van der Waals surface area contributed by atoms with E-state index in [1.54, 1.807) is 0 Å². The van der Waals surface area contributed by atoms with Gasteiger partial charge in [-0.2, -0.15) is 0 Å². The van der Waals surface area contributed by atoms with Crippen LogP contribution in [0.25, 0.3) is 0 Å². The molecule has 0 saturated carbocycles. The monoisotopic (exact) mass is 722 g/mol. The van der Waals surface area contributed by atoms with Crippen LogP contribution in [0.5, 0.6) is 0 Å². The number of ether oxygens (including phenoxy) is 2. The lowest BCUT2D eigenvalue weighted by Gasteiger charge is -2.20. The van der Waals surface area contributed by atoms with Gasteiger partial charge < -0.3 is 20.1 Å². The van der Waals surface area contributed by atoms with Crippen molar-refractivity contribution in [1.82, 2.24) is 0 Å². The van der Waals surface area contributed by atoms with Crippen LogP contribution in [-0.4, -0.2) is 49.9 Å². The average Bonchev–Trinajstić information content (AvgIpc) is 3.10. The normalized spacial score (nSPS) is 14.4. The highest BCUT2D eigenvalue weighted by Gasteiger charge is 2.25. The summed E-state index contributed by atoms with van der Waals surface area (Å²) in [6.45, 7) is 4.66. The molecule has 2 unspecified atom stereocenters. The van der Waals surface area contributed by atoms with Crippen LogP contribution in [0, 0.1) is 0 Å². The van der Waals surface area contributed by atoms with E-state index in [1.165, 1.54) is 25.7 Å². The third-order valence-electron chi connectivity index (χ3n) is 7.59. The maximum atomic E-state index is 12.5. The van der Waals surface area contributed by atoms with Gasteiger partial charge in [-0.25, -0.2) is 4.57 Å². The number of unbranched alkanes of at least 4 members (excludes halogenated alkanes) is 11. The molecule has 50 heavy (non-hydrogen) atoms. The Hall–Kier alpha value is -2.06. The first-order chi connectivity index (χ1) is 24.4. The second-order valence-corrected chi connectivity index (χ2v) is 13.9. The molecule has 0 radical (unpaired) electrons. The molecule has 0 saturated heterocycles. The Morgan fingerprint density at radius 3 is 1.68 bits per heavy atom. The van der Waals surface area contributed by atoms with E-state index in [0.29, 0.717) is 6.61 Å². The van der Waals surface area contributed by atoms with Crippen LogP contribution in [0.2, 0.25) is 0 Å². The largest absolute Gasteiger partial charge is 0.472 e. The van der Waals surface area contributed by atoms with E-state index in [0.717, 1.165) is 96.3 Å². The molecule has 0 amide bonds. The molecule has 0 heterocycles. The van der Waals surface area contributed by atoms with Gasteiger partial charge in [0.05, 0.1) is 19.8 Å². The summed E-state index contributed by atoms with van der Waals surface area (Å²) in [6, 6.07) is 0. The van der Waals surface area contributed by atoms with Gasteiger partial charge in [-0.1, -0.05) is 132 Å². The predicted octanol–water partition coefficient (Wildman–Crippen LogP) is 11.2. The maximum absolute atomic E-state index is 12.5. The Balaban J connectivity index is 4.17. The van der Waals surface area contributed by atoms with Crippen molar-refractivity contribution >= 4 is 13.8 Å². The van der Waals surface area contributed by atoms with Crippen molar-refractivity contribution in [2.24, 2.45) is 5.73 Å². The number of esters is 1. The van der Waals surface area contributed by atoms with Crippen molar-refractivity contribution in [3.05, 3.63) is 72.9 Å². The van der Waals surface area contributed by atoms with Gasteiger partial charge in [0, 0.05) is 19.6 Å². The first kappa shape index (κ1) is 47.9. The van der Waals surface area contributed by atoms with Crippen molar-refractivity contribution in [1.29, 1.82) is 0 Å². The second-order valence-electron chi connectivity index (χ2n) is 12.4. The lowest BCUT2D eigenvalue weighted by atomic mass is 10.1. The van der Waals surface area contributed by atoms with Crippen LogP contribution in [-0.2, 0) is 27.9 Å². The fraction of sp³-hybridized carbons (Fsp3) is 0.683. The van der Waals surface area contributed by atoms with Crippen LogP contribution in [0.4, 0.5) is 0 Å². The van der Waals surface area contributed by atoms with Gasteiger partial charge in [0.1, 0.15) is 6.10 Å². The van der Waals surface area contributed by atoms with Crippen LogP contribution in [0.3, 0.4) is 0 Å². The molecular formula is C41H72NO7P. The summed E-state index contributed by atoms with van der Waals surface area (Å²) >= 11 is 0. The molecule has 0 aromatic rings. The van der Waals surface area contributed by atoms with Crippen molar-refractivity contribution in [3.8, 4) is 0 Å². The topological polar surface area (TPSA) is 117 Å². The molecule has 0 fully saturated rings. The Morgan fingerprint density at radius 1 is 0.620 bits per heavy atom. The first-order valence-electron chi connectivity index (χ1n) is 19.4. The molecule has 0 aromatic heterocycles. The lowest BCUT2D eigenvalue weighted by Crippen LogP contribution is -2.28. The Kier molecular flexibility index (Phi) is 36.6. The SMILES string of the molecule is CC/C=C\C/C=C\C/C=C\C/C=C\CCCCCCC(=O)OC(COCCCCCCCC/C=C\C/C=C\CCC)COP(=O)(O)OCCN. The fourth-order valence-corrected chi connectivity index (χ4v) is 5.55. The van der Waals surface area contributed by atoms with Gasteiger partial charge in [-0.05, 0) is 77.0 Å². The van der Waals surface area contributed by atoms with E-state index in [1.807, 2.05) is 0 Å². The summed E-state index contributed by atoms with van der Waals surface area (Å²) in [5.41, 5.74) is 5.35. The van der Waals surface area contributed by atoms with E-state index in [-0.39, 0.29) is 38.8 Å². The number of phosphoric acid groups is 1. The van der Waals surface area contributed by atoms with E-state index in [2.05, 4.69) is 86.8 Å². The Morgan fingerprint density at radius 2 is 1.12 bits per heavy atom. The number of hydrogen-bond acceptors (Lipinski definition) is 7.